The Morgan fingerprint density at radius 2 is 2.07 bits per heavy atom. The Hall–Kier alpha value is -0.0800. The number of unbranched alkanes of at least 4 members (excludes halogenated alkanes) is 1. The van der Waals surface area contributed by atoms with Crippen molar-refractivity contribution in [1.82, 2.24) is 0 Å². The van der Waals surface area contributed by atoms with Gasteiger partial charge in [-0.1, -0.05) is 0 Å². The lowest BCUT2D eigenvalue weighted by atomic mass is 10.1. The number of hydrogen-bond acceptors (Lipinski definition) is 2. The van der Waals surface area contributed by atoms with Crippen molar-refractivity contribution in [2.75, 3.05) is 13.2 Å². The molecule has 0 aliphatic carbocycles. The molecule has 1 saturated heterocycles. The fourth-order valence-corrected chi connectivity index (χ4v) is 1.72. The van der Waals surface area contributed by atoms with E-state index in [9.17, 15) is 0 Å². The second-order valence-electron chi connectivity index (χ2n) is 5.09. The van der Waals surface area contributed by atoms with Crippen molar-refractivity contribution in [1.29, 1.82) is 0 Å². The third kappa shape index (κ3) is 5.61. The van der Waals surface area contributed by atoms with E-state index in [0.29, 0.717) is 6.10 Å². The Kier molecular flexibility index (Phi) is 4.90. The fraction of sp³-hybridized carbons (Fsp3) is 1.00. The van der Waals surface area contributed by atoms with Crippen molar-refractivity contribution in [2.24, 2.45) is 0 Å². The van der Waals surface area contributed by atoms with E-state index in [1.807, 2.05) is 0 Å². The van der Waals surface area contributed by atoms with Gasteiger partial charge in [-0.25, -0.2) is 0 Å². The SMILES string of the molecule is CC(C)(C)OCCCCC1CCCO1. The van der Waals surface area contributed by atoms with Gasteiger partial charge in [0.15, 0.2) is 0 Å². The highest BCUT2D eigenvalue weighted by Gasteiger charge is 2.14. The molecule has 14 heavy (non-hydrogen) atoms. The predicted octanol–water partition coefficient (Wildman–Crippen LogP) is 3.15. The van der Waals surface area contributed by atoms with Gasteiger partial charge in [-0.2, -0.15) is 0 Å². The fourth-order valence-electron chi connectivity index (χ4n) is 1.72. The zero-order chi connectivity index (χ0) is 10.4. The van der Waals surface area contributed by atoms with Crippen LogP contribution in [0.1, 0.15) is 52.9 Å². The Morgan fingerprint density at radius 1 is 1.29 bits per heavy atom. The molecule has 0 aromatic rings. The summed E-state index contributed by atoms with van der Waals surface area (Å²) in [6.45, 7) is 8.17. The van der Waals surface area contributed by atoms with Crippen LogP contribution < -0.4 is 0 Å². The van der Waals surface area contributed by atoms with Crippen LogP contribution in [0.2, 0.25) is 0 Å². The average molecular weight is 200 g/mol. The van der Waals surface area contributed by atoms with Crippen LogP contribution in [0.15, 0.2) is 0 Å². The van der Waals surface area contributed by atoms with Gasteiger partial charge in [-0.05, 0) is 52.9 Å². The third-order valence-electron chi connectivity index (χ3n) is 2.48. The summed E-state index contributed by atoms with van der Waals surface area (Å²) in [6.07, 6.45) is 6.68. The van der Waals surface area contributed by atoms with Crippen LogP contribution in [0.3, 0.4) is 0 Å². The Labute approximate surface area is 88.0 Å². The molecule has 0 saturated carbocycles. The molecule has 0 radical (unpaired) electrons. The van der Waals surface area contributed by atoms with E-state index < -0.39 is 0 Å². The Morgan fingerprint density at radius 3 is 2.64 bits per heavy atom. The van der Waals surface area contributed by atoms with E-state index >= 15 is 0 Å². The second kappa shape index (κ2) is 5.72. The summed E-state index contributed by atoms with van der Waals surface area (Å²) >= 11 is 0. The average Bonchev–Trinajstić information content (AvgIpc) is 2.54. The summed E-state index contributed by atoms with van der Waals surface area (Å²) in [6, 6.07) is 0. The van der Waals surface area contributed by atoms with Crippen LogP contribution in [0.4, 0.5) is 0 Å². The normalized spacial score (nSPS) is 22.9. The minimum atomic E-state index is 0.0177. The van der Waals surface area contributed by atoms with Crippen molar-refractivity contribution >= 4 is 0 Å². The molecule has 1 unspecified atom stereocenters. The zero-order valence-corrected chi connectivity index (χ0v) is 9.84. The summed E-state index contributed by atoms with van der Waals surface area (Å²) in [5, 5.41) is 0. The molecule has 0 aromatic heterocycles. The van der Waals surface area contributed by atoms with Gasteiger partial charge in [0.25, 0.3) is 0 Å². The highest BCUT2D eigenvalue weighted by atomic mass is 16.5. The monoisotopic (exact) mass is 200 g/mol. The van der Waals surface area contributed by atoms with Gasteiger partial charge in [0, 0.05) is 13.2 Å². The van der Waals surface area contributed by atoms with Gasteiger partial charge in [-0.15, -0.1) is 0 Å². The maximum atomic E-state index is 5.65. The Balaban J connectivity index is 1.89. The van der Waals surface area contributed by atoms with Crippen LogP contribution >= 0.6 is 0 Å². The van der Waals surface area contributed by atoms with E-state index in [4.69, 9.17) is 9.47 Å². The van der Waals surface area contributed by atoms with Crippen molar-refractivity contribution in [3.63, 3.8) is 0 Å². The molecule has 2 heteroatoms. The van der Waals surface area contributed by atoms with Crippen LogP contribution in [-0.4, -0.2) is 24.9 Å². The molecule has 1 heterocycles. The number of rotatable bonds is 5. The molecule has 0 aromatic carbocycles. The molecule has 1 atom stereocenters. The quantitative estimate of drug-likeness (QED) is 0.635. The number of hydrogen-bond donors (Lipinski definition) is 0. The largest absolute Gasteiger partial charge is 0.378 e. The zero-order valence-electron chi connectivity index (χ0n) is 9.84. The standard InChI is InChI=1S/C12H24O2/c1-12(2,3)14-10-5-4-7-11-8-6-9-13-11/h11H,4-10H2,1-3H3. The smallest absolute Gasteiger partial charge is 0.0598 e. The molecular formula is C12H24O2. The maximum absolute atomic E-state index is 5.65. The first-order chi connectivity index (χ1) is 6.58. The lowest BCUT2D eigenvalue weighted by Gasteiger charge is -2.19. The molecule has 0 bridgehead atoms. The first kappa shape index (κ1) is 12.0. The van der Waals surface area contributed by atoms with E-state index in [1.54, 1.807) is 0 Å². The van der Waals surface area contributed by atoms with Gasteiger partial charge in [0.05, 0.1) is 11.7 Å². The van der Waals surface area contributed by atoms with Gasteiger partial charge in [-0.3, -0.25) is 0 Å². The lowest BCUT2D eigenvalue weighted by Crippen LogP contribution is -2.19. The van der Waals surface area contributed by atoms with Crippen LogP contribution in [0, 0.1) is 0 Å². The molecule has 2 nitrogen and oxygen atoms in total. The third-order valence-corrected chi connectivity index (χ3v) is 2.48. The number of ether oxygens (including phenoxy) is 2. The van der Waals surface area contributed by atoms with E-state index in [1.165, 1.54) is 25.7 Å². The minimum absolute atomic E-state index is 0.0177. The molecule has 0 amide bonds. The van der Waals surface area contributed by atoms with Crippen molar-refractivity contribution in [3.05, 3.63) is 0 Å². The molecule has 84 valence electrons. The Bertz CT molecular complexity index is 143. The van der Waals surface area contributed by atoms with E-state index in [0.717, 1.165) is 19.6 Å². The molecule has 1 fully saturated rings. The highest BCUT2D eigenvalue weighted by Crippen LogP contribution is 2.18. The molecule has 1 aliphatic rings. The summed E-state index contributed by atoms with van der Waals surface area (Å²) < 4.78 is 11.2. The first-order valence-corrected chi connectivity index (χ1v) is 5.83. The highest BCUT2D eigenvalue weighted by molar-refractivity contribution is 4.65. The van der Waals surface area contributed by atoms with Gasteiger partial charge < -0.3 is 9.47 Å². The maximum Gasteiger partial charge on any atom is 0.0598 e. The molecular weight excluding hydrogens is 176 g/mol. The van der Waals surface area contributed by atoms with Crippen molar-refractivity contribution < 1.29 is 9.47 Å². The summed E-state index contributed by atoms with van der Waals surface area (Å²) in [5.41, 5.74) is 0.0177. The topological polar surface area (TPSA) is 18.5 Å². The predicted molar refractivity (Wildman–Crippen MR) is 58.5 cm³/mol. The summed E-state index contributed by atoms with van der Waals surface area (Å²) in [4.78, 5) is 0. The minimum Gasteiger partial charge on any atom is -0.378 e. The molecule has 0 spiro atoms. The first-order valence-electron chi connectivity index (χ1n) is 5.83. The van der Waals surface area contributed by atoms with Crippen LogP contribution in [0.25, 0.3) is 0 Å². The summed E-state index contributed by atoms with van der Waals surface area (Å²) in [5.74, 6) is 0. The molecule has 1 aliphatic heterocycles. The van der Waals surface area contributed by atoms with Crippen molar-refractivity contribution in [3.8, 4) is 0 Å². The molecule has 0 N–H and O–H groups in total. The van der Waals surface area contributed by atoms with Crippen LogP contribution in [-0.2, 0) is 9.47 Å². The van der Waals surface area contributed by atoms with Gasteiger partial charge >= 0.3 is 0 Å². The second-order valence-corrected chi connectivity index (χ2v) is 5.09. The lowest BCUT2D eigenvalue weighted by molar-refractivity contribution is -0.00600. The van der Waals surface area contributed by atoms with Gasteiger partial charge in [0.1, 0.15) is 0 Å². The van der Waals surface area contributed by atoms with Crippen LogP contribution in [0.5, 0.6) is 0 Å². The van der Waals surface area contributed by atoms with E-state index in [-0.39, 0.29) is 5.60 Å². The van der Waals surface area contributed by atoms with E-state index in [2.05, 4.69) is 20.8 Å². The summed E-state index contributed by atoms with van der Waals surface area (Å²) in [7, 11) is 0. The molecule has 1 rings (SSSR count). The van der Waals surface area contributed by atoms with Gasteiger partial charge in [0.2, 0.25) is 0 Å². The van der Waals surface area contributed by atoms with Crippen molar-refractivity contribution in [2.45, 2.75) is 64.6 Å².